The van der Waals surface area contributed by atoms with Crippen LogP contribution in [0.15, 0.2) is 12.5 Å². The lowest BCUT2D eigenvalue weighted by molar-refractivity contribution is 0.165. The Kier molecular flexibility index (Phi) is 2.15. The number of hydrogen-bond acceptors (Lipinski definition) is 3. The molecule has 0 bridgehead atoms. The highest BCUT2D eigenvalue weighted by molar-refractivity contribution is 5.70. The molecule has 4 heteroatoms. The number of hydrogen-bond donors (Lipinski definition) is 0. The fraction of sp³-hybridized carbons (Fsp3) is 0.500. The maximum atomic E-state index is 10.7. The van der Waals surface area contributed by atoms with Crippen LogP contribution in [0.2, 0.25) is 0 Å². The van der Waals surface area contributed by atoms with E-state index >= 15 is 0 Å². The summed E-state index contributed by atoms with van der Waals surface area (Å²) in [7, 11) is 1.53. The summed E-state index contributed by atoms with van der Waals surface area (Å²) in [5, 5.41) is 0. The molecule has 4 nitrogen and oxygen atoms in total. The number of cyclic esters (lactones) is 1. The summed E-state index contributed by atoms with van der Waals surface area (Å²) < 4.78 is 9.26. The van der Waals surface area contributed by atoms with Crippen LogP contribution in [0.3, 0.4) is 0 Å². The SMILES string of the molecule is COC=CN1CCOC1=O. The van der Waals surface area contributed by atoms with Crippen molar-refractivity contribution in [1.82, 2.24) is 4.90 Å². The summed E-state index contributed by atoms with van der Waals surface area (Å²) in [6.07, 6.45) is 2.68. The van der Waals surface area contributed by atoms with Gasteiger partial charge in [-0.05, 0) is 0 Å². The van der Waals surface area contributed by atoms with Crippen molar-refractivity contribution in [1.29, 1.82) is 0 Å². The van der Waals surface area contributed by atoms with Crippen molar-refractivity contribution in [3.8, 4) is 0 Å². The molecule has 0 unspecified atom stereocenters. The first kappa shape index (κ1) is 6.92. The highest BCUT2D eigenvalue weighted by atomic mass is 16.6. The second-order valence-corrected chi connectivity index (χ2v) is 1.83. The highest BCUT2D eigenvalue weighted by Gasteiger charge is 2.18. The molecule has 0 aliphatic carbocycles. The van der Waals surface area contributed by atoms with Crippen molar-refractivity contribution < 1.29 is 14.3 Å². The first-order valence-electron chi connectivity index (χ1n) is 2.97. The average molecular weight is 143 g/mol. The van der Waals surface area contributed by atoms with E-state index in [4.69, 9.17) is 0 Å². The maximum Gasteiger partial charge on any atom is 0.414 e. The van der Waals surface area contributed by atoms with Crippen molar-refractivity contribution in [2.45, 2.75) is 0 Å². The summed E-state index contributed by atoms with van der Waals surface area (Å²) in [4.78, 5) is 12.1. The van der Waals surface area contributed by atoms with Gasteiger partial charge in [0.2, 0.25) is 0 Å². The number of amides is 1. The van der Waals surface area contributed by atoms with E-state index in [2.05, 4.69) is 9.47 Å². The summed E-state index contributed by atoms with van der Waals surface area (Å²) in [5.41, 5.74) is 0. The van der Waals surface area contributed by atoms with Crippen LogP contribution in [-0.4, -0.2) is 31.3 Å². The van der Waals surface area contributed by atoms with Gasteiger partial charge < -0.3 is 9.47 Å². The number of carbonyl (C=O) groups is 1. The van der Waals surface area contributed by atoms with Crippen LogP contribution in [0.4, 0.5) is 4.79 Å². The minimum absolute atomic E-state index is 0.312. The molecule has 0 atom stereocenters. The second-order valence-electron chi connectivity index (χ2n) is 1.83. The molecule has 0 saturated carbocycles. The van der Waals surface area contributed by atoms with Crippen molar-refractivity contribution in [3.63, 3.8) is 0 Å². The van der Waals surface area contributed by atoms with Crippen LogP contribution >= 0.6 is 0 Å². The van der Waals surface area contributed by atoms with Crippen molar-refractivity contribution in [2.24, 2.45) is 0 Å². The third-order valence-corrected chi connectivity index (χ3v) is 1.17. The van der Waals surface area contributed by atoms with E-state index in [1.807, 2.05) is 0 Å². The lowest BCUT2D eigenvalue weighted by atomic mass is 10.6. The molecule has 0 aromatic heterocycles. The molecule has 0 aromatic rings. The number of nitrogens with zero attached hydrogens (tertiary/aromatic N) is 1. The third-order valence-electron chi connectivity index (χ3n) is 1.17. The molecule has 1 heterocycles. The lowest BCUT2D eigenvalue weighted by Gasteiger charge is -2.02. The smallest absolute Gasteiger partial charge is 0.414 e. The van der Waals surface area contributed by atoms with Gasteiger partial charge in [-0.25, -0.2) is 4.79 Å². The van der Waals surface area contributed by atoms with Crippen LogP contribution in [0.25, 0.3) is 0 Å². The lowest BCUT2D eigenvalue weighted by Crippen LogP contribution is -2.16. The maximum absolute atomic E-state index is 10.7. The molecule has 10 heavy (non-hydrogen) atoms. The molecule has 0 aromatic carbocycles. The minimum atomic E-state index is -0.312. The van der Waals surface area contributed by atoms with Crippen LogP contribution < -0.4 is 0 Å². The normalized spacial score (nSPS) is 18.1. The largest absolute Gasteiger partial charge is 0.503 e. The molecule has 0 N–H and O–H groups in total. The quantitative estimate of drug-likeness (QED) is 0.530. The fourth-order valence-electron chi connectivity index (χ4n) is 0.675. The van der Waals surface area contributed by atoms with E-state index in [9.17, 15) is 4.79 Å². The molecule has 1 fully saturated rings. The second kappa shape index (κ2) is 3.10. The predicted octanol–water partition coefficient (Wildman–Crippen LogP) is 0.556. The van der Waals surface area contributed by atoms with Gasteiger partial charge in [0.1, 0.15) is 6.61 Å². The molecule has 0 spiro atoms. The Bertz CT molecular complexity index is 155. The third kappa shape index (κ3) is 1.40. The van der Waals surface area contributed by atoms with Gasteiger partial charge in [0.25, 0.3) is 0 Å². The first-order valence-corrected chi connectivity index (χ1v) is 2.97. The van der Waals surface area contributed by atoms with E-state index in [1.54, 1.807) is 6.20 Å². The number of carbonyl (C=O) groups excluding carboxylic acids is 1. The van der Waals surface area contributed by atoms with Crippen molar-refractivity contribution in [2.75, 3.05) is 20.3 Å². The van der Waals surface area contributed by atoms with Gasteiger partial charge in [-0.3, -0.25) is 4.90 Å². The molecular formula is C6H9NO3. The van der Waals surface area contributed by atoms with Crippen molar-refractivity contribution in [3.05, 3.63) is 12.5 Å². The van der Waals surface area contributed by atoms with E-state index in [0.717, 1.165) is 0 Å². The Balaban J connectivity index is 2.40. The Hall–Kier alpha value is -1.19. The molecule has 1 amide bonds. The van der Waals surface area contributed by atoms with Gasteiger partial charge >= 0.3 is 6.09 Å². The summed E-state index contributed by atoms with van der Waals surface area (Å²) in [5.74, 6) is 0. The first-order chi connectivity index (χ1) is 4.84. The standard InChI is InChI=1S/C6H9NO3/c1-9-4-2-7-3-5-10-6(7)8/h2,4H,3,5H2,1H3. The molecule has 1 aliphatic heterocycles. The van der Waals surface area contributed by atoms with E-state index < -0.39 is 0 Å². The predicted molar refractivity (Wildman–Crippen MR) is 34.2 cm³/mol. The van der Waals surface area contributed by atoms with Crippen LogP contribution in [0.5, 0.6) is 0 Å². The summed E-state index contributed by atoms with van der Waals surface area (Å²) in [6, 6.07) is 0. The van der Waals surface area contributed by atoms with Crippen LogP contribution in [0, 0.1) is 0 Å². The van der Waals surface area contributed by atoms with Crippen molar-refractivity contribution >= 4 is 6.09 Å². The highest BCUT2D eigenvalue weighted by Crippen LogP contribution is 2.02. The zero-order valence-electron chi connectivity index (χ0n) is 5.74. The number of rotatable bonds is 2. The average Bonchev–Trinajstić information content (AvgIpc) is 2.31. The molecular weight excluding hydrogens is 134 g/mol. The van der Waals surface area contributed by atoms with Gasteiger partial charge in [0.15, 0.2) is 0 Å². The van der Waals surface area contributed by atoms with Gasteiger partial charge in [0.05, 0.1) is 19.9 Å². The van der Waals surface area contributed by atoms with E-state index in [-0.39, 0.29) is 6.09 Å². The minimum Gasteiger partial charge on any atom is -0.503 e. The number of ether oxygens (including phenoxy) is 2. The molecule has 1 aliphatic rings. The van der Waals surface area contributed by atoms with Gasteiger partial charge in [-0.2, -0.15) is 0 Å². The molecule has 56 valence electrons. The van der Waals surface area contributed by atoms with Crippen LogP contribution in [-0.2, 0) is 9.47 Å². The topological polar surface area (TPSA) is 38.8 Å². The zero-order valence-corrected chi connectivity index (χ0v) is 5.74. The molecule has 0 radical (unpaired) electrons. The summed E-state index contributed by atoms with van der Waals surface area (Å²) in [6.45, 7) is 1.07. The van der Waals surface area contributed by atoms with Gasteiger partial charge in [-0.15, -0.1) is 0 Å². The van der Waals surface area contributed by atoms with E-state index in [0.29, 0.717) is 13.2 Å². The molecule has 1 rings (SSSR count). The Morgan fingerprint density at radius 2 is 2.60 bits per heavy atom. The summed E-state index contributed by atoms with van der Waals surface area (Å²) >= 11 is 0. The molecule has 1 saturated heterocycles. The Labute approximate surface area is 59.0 Å². The number of methoxy groups -OCH3 is 1. The monoisotopic (exact) mass is 143 g/mol. The Morgan fingerprint density at radius 3 is 3.10 bits per heavy atom. The van der Waals surface area contributed by atoms with Gasteiger partial charge in [-0.1, -0.05) is 0 Å². The van der Waals surface area contributed by atoms with E-state index in [1.165, 1.54) is 18.3 Å². The van der Waals surface area contributed by atoms with Gasteiger partial charge in [0, 0.05) is 6.20 Å². The Morgan fingerprint density at radius 1 is 1.80 bits per heavy atom. The zero-order chi connectivity index (χ0) is 7.40. The fourth-order valence-corrected chi connectivity index (χ4v) is 0.675. The van der Waals surface area contributed by atoms with Crippen LogP contribution in [0.1, 0.15) is 0 Å².